The van der Waals surface area contributed by atoms with E-state index in [1.165, 1.54) is 0 Å². The Bertz CT molecular complexity index is 809. The van der Waals surface area contributed by atoms with Gasteiger partial charge in [0.2, 0.25) is 0 Å². The van der Waals surface area contributed by atoms with E-state index >= 15 is 0 Å². The summed E-state index contributed by atoms with van der Waals surface area (Å²) in [4.78, 5) is 34.4. The van der Waals surface area contributed by atoms with Gasteiger partial charge in [0.1, 0.15) is 11.5 Å². The Morgan fingerprint density at radius 2 is 1.88 bits per heavy atom. The van der Waals surface area contributed by atoms with Gasteiger partial charge in [-0.05, 0) is 24.3 Å². The average molecular weight is 323 g/mol. The van der Waals surface area contributed by atoms with Crippen molar-refractivity contribution in [1.82, 2.24) is 20.3 Å². The lowest BCUT2D eigenvalue weighted by atomic mass is 10.1. The molecule has 0 saturated heterocycles. The molecule has 122 valence electrons. The largest absolute Gasteiger partial charge is 0.357 e. The van der Waals surface area contributed by atoms with Crippen molar-refractivity contribution in [2.75, 3.05) is 11.9 Å². The average Bonchev–Trinajstić information content (AvgIpc) is 3.29. The summed E-state index contributed by atoms with van der Waals surface area (Å²) in [5.41, 5.74) is 1.31. The lowest BCUT2D eigenvalue weighted by molar-refractivity contribution is 0.0955. The van der Waals surface area contributed by atoms with Crippen molar-refractivity contribution >= 4 is 17.5 Å². The normalized spacial score (nSPS) is 10.3. The Balaban J connectivity index is 1.64. The quantitative estimate of drug-likeness (QED) is 0.557. The summed E-state index contributed by atoms with van der Waals surface area (Å²) < 4.78 is 0. The first-order valence-corrected chi connectivity index (χ1v) is 7.54. The molecule has 0 unspecified atom stereocenters. The summed E-state index contributed by atoms with van der Waals surface area (Å²) in [6, 6.07) is 10.3. The molecule has 1 aromatic carbocycles. The lowest BCUT2D eigenvalue weighted by Crippen LogP contribution is -2.27. The third-order valence-corrected chi connectivity index (χ3v) is 3.46. The molecule has 0 aliphatic carbocycles. The second kappa shape index (κ2) is 7.28. The van der Waals surface area contributed by atoms with Gasteiger partial charge in [-0.15, -0.1) is 0 Å². The number of carbonyl (C=O) groups is 2. The predicted octanol–water partition coefficient (Wildman–Crippen LogP) is 1.96. The highest BCUT2D eigenvalue weighted by molar-refractivity contribution is 6.08. The molecular formula is C17H17N5O2. The summed E-state index contributed by atoms with van der Waals surface area (Å²) in [5, 5.41) is 5.58. The molecular weight excluding hydrogens is 306 g/mol. The van der Waals surface area contributed by atoms with E-state index in [2.05, 4.69) is 25.6 Å². The Labute approximate surface area is 138 Å². The molecule has 2 aromatic heterocycles. The fourth-order valence-electron chi connectivity index (χ4n) is 2.28. The third-order valence-electron chi connectivity index (χ3n) is 3.46. The molecule has 3 aromatic rings. The Hall–Kier alpha value is -3.35. The van der Waals surface area contributed by atoms with Crippen molar-refractivity contribution in [3.05, 3.63) is 72.1 Å². The van der Waals surface area contributed by atoms with Crippen molar-refractivity contribution in [3.63, 3.8) is 0 Å². The first-order valence-electron chi connectivity index (χ1n) is 7.54. The smallest absolute Gasteiger partial charge is 0.272 e. The van der Waals surface area contributed by atoms with E-state index in [4.69, 9.17) is 0 Å². The molecule has 0 atom stereocenters. The minimum Gasteiger partial charge on any atom is -0.357 e. The summed E-state index contributed by atoms with van der Waals surface area (Å²) in [5.74, 6) is 0.267. The van der Waals surface area contributed by atoms with Crippen LogP contribution in [0.4, 0.5) is 5.69 Å². The molecule has 0 saturated carbocycles. The van der Waals surface area contributed by atoms with Gasteiger partial charge in [0, 0.05) is 31.6 Å². The number of para-hydroxylation sites is 1. The molecule has 3 rings (SSSR count). The maximum Gasteiger partial charge on any atom is 0.272 e. The number of aromatic nitrogens is 3. The van der Waals surface area contributed by atoms with E-state index in [1.807, 2.05) is 0 Å². The minimum absolute atomic E-state index is 0.246. The van der Waals surface area contributed by atoms with Crippen molar-refractivity contribution in [2.24, 2.45) is 0 Å². The second-order valence-electron chi connectivity index (χ2n) is 5.13. The highest BCUT2D eigenvalue weighted by Crippen LogP contribution is 2.16. The summed E-state index contributed by atoms with van der Waals surface area (Å²) in [6.07, 6.45) is 5.68. The van der Waals surface area contributed by atoms with Crippen LogP contribution < -0.4 is 10.6 Å². The fourth-order valence-corrected chi connectivity index (χ4v) is 2.28. The predicted molar refractivity (Wildman–Crippen MR) is 89.8 cm³/mol. The standard InChI is InChI=1S/C17H17N5O2/c23-16(21-9-7-15-19-10-11-20-15)12-4-1-2-5-13(12)22-17(24)14-6-3-8-18-14/h1-6,8,10-11,18H,7,9H2,(H,19,20)(H,21,23)(H,22,24). The number of rotatable bonds is 6. The van der Waals surface area contributed by atoms with E-state index in [-0.39, 0.29) is 11.8 Å². The number of nitrogens with one attached hydrogen (secondary N) is 4. The van der Waals surface area contributed by atoms with E-state index in [0.29, 0.717) is 29.9 Å². The van der Waals surface area contributed by atoms with E-state index in [9.17, 15) is 9.59 Å². The number of anilines is 1. The summed E-state index contributed by atoms with van der Waals surface area (Å²) in [6.45, 7) is 0.450. The zero-order valence-electron chi connectivity index (χ0n) is 12.9. The number of benzene rings is 1. The van der Waals surface area contributed by atoms with Gasteiger partial charge in [0.25, 0.3) is 11.8 Å². The van der Waals surface area contributed by atoms with Gasteiger partial charge in [0.05, 0.1) is 11.3 Å². The van der Waals surface area contributed by atoms with E-state index in [0.717, 1.165) is 5.82 Å². The van der Waals surface area contributed by atoms with Gasteiger partial charge in [-0.25, -0.2) is 4.98 Å². The van der Waals surface area contributed by atoms with Gasteiger partial charge in [-0.1, -0.05) is 12.1 Å². The topological polar surface area (TPSA) is 103 Å². The molecule has 24 heavy (non-hydrogen) atoms. The van der Waals surface area contributed by atoms with E-state index < -0.39 is 0 Å². The van der Waals surface area contributed by atoms with Crippen molar-refractivity contribution < 1.29 is 9.59 Å². The number of aromatic amines is 2. The number of hydrogen-bond acceptors (Lipinski definition) is 3. The molecule has 0 aliphatic rings. The number of nitrogens with zero attached hydrogens (tertiary/aromatic N) is 1. The molecule has 2 amide bonds. The SMILES string of the molecule is O=C(Nc1ccccc1C(=O)NCCc1ncc[nH]1)c1ccc[nH]1. The Morgan fingerprint density at radius 1 is 1.00 bits per heavy atom. The van der Waals surface area contributed by atoms with Crippen molar-refractivity contribution in [1.29, 1.82) is 0 Å². The lowest BCUT2D eigenvalue weighted by Gasteiger charge is -2.10. The van der Waals surface area contributed by atoms with Crippen LogP contribution in [0.2, 0.25) is 0 Å². The van der Waals surface area contributed by atoms with E-state index in [1.54, 1.807) is 55.0 Å². The highest BCUT2D eigenvalue weighted by atomic mass is 16.2. The van der Waals surface area contributed by atoms with Gasteiger partial charge in [-0.2, -0.15) is 0 Å². The number of amides is 2. The molecule has 0 spiro atoms. The number of hydrogen-bond donors (Lipinski definition) is 4. The first-order chi connectivity index (χ1) is 11.7. The third kappa shape index (κ3) is 3.70. The van der Waals surface area contributed by atoms with Crippen LogP contribution in [0.25, 0.3) is 0 Å². The minimum atomic E-state index is -0.296. The van der Waals surface area contributed by atoms with Crippen molar-refractivity contribution in [2.45, 2.75) is 6.42 Å². The van der Waals surface area contributed by atoms with Crippen LogP contribution in [-0.4, -0.2) is 33.3 Å². The van der Waals surface area contributed by atoms with Crippen LogP contribution in [0.15, 0.2) is 55.0 Å². The van der Waals surface area contributed by atoms with Crippen LogP contribution >= 0.6 is 0 Å². The molecule has 7 heteroatoms. The maximum absolute atomic E-state index is 12.4. The number of carbonyl (C=O) groups excluding carboxylic acids is 2. The van der Waals surface area contributed by atoms with Crippen LogP contribution in [-0.2, 0) is 6.42 Å². The molecule has 2 heterocycles. The van der Waals surface area contributed by atoms with Crippen LogP contribution in [0.5, 0.6) is 0 Å². The zero-order chi connectivity index (χ0) is 16.8. The van der Waals surface area contributed by atoms with Crippen LogP contribution in [0.3, 0.4) is 0 Å². The summed E-state index contributed by atoms with van der Waals surface area (Å²) in [7, 11) is 0. The van der Waals surface area contributed by atoms with Crippen molar-refractivity contribution in [3.8, 4) is 0 Å². The summed E-state index contributed by atoms with van der Waals surface area (Å²) >= 11 is 0. The maximum atomic E-state index is 12.4. The monoisotopic (exact) mass is 323 g/mol. The van der Waals surface area contributed by atoms with Gasteiger partial charge in [-0.3, -0.25) is 9.59 Å². The first kappa shape index (κ1) is 15.5. The zero-order valence-corrected chi connectivity index (χ0v) is 12.9. The highest BCUT2D eigenvalue weighted by Gasteiger charge is 2.14. The molecule has 0 bridgehead atoms. The second-order valence-corrected chi connectivity index (χ2v) is 5.13. The van der Waals surface area contributed by atoms with Gasteiger partial charge in [0.15, 0.2) is 0 Å². The number of imidazole rings is 1. The molecule has 0 fully saturated rings. The fraction of sp³-hybridized carbons (Fsp3) is 0.118. The molecule has 7 nitrogen and oxygen atoms in total. The van der Waals surface area contributed by atoms with Gasteiger partial charge < -0.3 is 20.6 Å². The Morgan fingerprint density at radius 3 is 2.62 bits per heavy atom. The molecule has 0 aliphatic heterocycles. The molecule has 4 N–H and O–H groups in total. The van der Waals surface area contributed by atoms with Crippen LogP contribution in [0, 0.1) is 0 Å². The van der Waals surface area contributed by atoms with Gasteiger partial charge >= 0.3 is 0 Å². The molecule has 0 radical (unpaired) electrons. The number of H-pyrrole nitrogens is 2. The Kier molecular flexibility index (Phi) is 4.71. The van der Waals surface area contributed by atoms with Crippen LogP contribution in [0.1, 0.15) is 26.7 Å².